The number of ether oxygens (including phenoxy) is 1. The zero-order valence-corrected chi connectivity index (χ0v) is 13.5. The lowest BCUT2D eigenvalue weighted by Crippen LogP contribution is -2.21. The van der Waals surface area contributed by atoms with Gasteiger partial charge in [-0.15, -0.1) is 0 Å². The summed E-state index contributed by atoms with van der Waals surface area (Å²) in [6.45, 7) is 2.89. The molecule has 5 heteroatoms. The number of hydrogen-bond acceptors (Lipinski definition) is 3. The van der Waals surface area contributed by atoms with Crippen molar-refractivity contribution in [1.29, 1.82) is 0 Å². The van der Waals surface area contributed by atoms with Crippen molar-refractivity contribution < 1.29 is 4.74 Å². The fourth-order valence-electron chi connectivity index (χ4n) is 2.49. The van der Waals surface area contributed by atoms with Crippen LogP contribution in [0.2, 0.25) is 5.02 Å². The Bertz CT molecular complexity index is 565. The Morgan fingerprint density at radius 3 is 2.62 bits per heavy atom. The maximum absolute atomic E-state index is 6.28. The fraction of sp³-hybridized carbons (Fsp3) is 0.438. The third kappa shape index (κ3) is 3.77. The lowest BCUT2D eigenvalue weighted by molar-refractivity contribution is 0.414. The molecule has 4 nitrogen and oxygen atoms in total. The molecule has 0 bridgehead atoms. The van der Waals surface area contributed by atoms with Gasteiger partial charge in [-0.2, -0.15) is 5.10 Å². The SMILES string of the molecule is CCn1ncc(Cl)c1C(CCc1ccc(OC)cc1)NC. The molecule has 0 spiro atoms. The summed E-state index contributed by atoms with van der Waals surface area (Å²) < 4.78 is 7.14. The zero-order valence-electron chi connectivity index (χ0n) is 12.8. The van der Waals surface area contributed by atoms with E-state index in [0.29, 0.717) is 0 Å². The molecule has 0 aliphatic rings. The van der Waals surface area contributed by atoms with Gasteiger partial charge in [-0.3, -0.25) is 4.68 Å². The molecule has 0 amide bonds. The largest absolute Gasteiger partial charge is 0.497 e. The first-order chi connectivity index (χ1) is 10.2. The quantitative estimate of drug-likeness (QED) is 0.851. The van der Waals surface area contributed by atoms with Gasteiger partial charge in [-0.1, -0.05) is 23.7 Å². The number of nitrogens with one attached hydrogen (secondary N) is 1. The molecule has 1 aromatic carbocycles. The van der Waals surface area contributed by atoms with Crippen molar-refractivity contribution in [1.82, 2.24) is 15.1 Å². The number of nitrogens with zero attached hydrogens (tertiary/aromatic N) is 2. The standard InChI is InChI=1S/C16H22ClN3O/c1-4-20-16(14(17)11-19-20)15(18-2)10-7-12-5-8-13(21-3)9-6-12/h5-6,8-9,11,15,18H,4,7,10H2,1-3H3. The second-order valence-electron chi connectivity index (χ2n) is 4.92. The monoisotopic (exact) mass is 307 g/mol. The molecule has 2 aromatic rings. The van der Waals surface area contributed by atoms with E-state index in [-0.39, 0.29) is 6.04 Å². The molecule has 1 atom stereocenters. The molecular weight excluding hydrogens is 286 g/mol. The van der Waals surface area contributed by atoms with Crippen molar-refractivity contribution in [3.05, 3.63) is 46.7 Å². The van der Waals surface area contributed by atoms with Gasteiger partial charge in [0.25, 0.3) is 0 Å². The maximum atomic E-state index is 6.28. The molecule has 1 heterocycles. The van der Waals surface area contributed by atoms with Gasteiger partial charge in [0, 0.05) is 6.54 Å². The molecular formula is C16H22ClN3O. The number of aromatic nitrogens is 2. The smallest absolute Gasteiger partial charge is 0.118 e. The molecule has 0 fully saturated rings. The summed E-state index contributed by atoms with van der Waals surface area (Å²) in [5.74, 6) is 0.885. The van der Waals surface area contributed by atoms with Gasteiger partial charge in [-0.05, 0) is 44.5 Å². The van der Waals surface area contributed by atoms with E-state index in [4.69, 9.17) is 16.3 Å². The van der Waals surface area contributed by atoms with Crippen molar-refractivity contribution in [2.45, 2.75) is 32.4 Å². The molecule has 1 N–H and O–H groups in total. The van der Waals surface area contributed by atoms with Crippen LogP contribution in [-0.4, -0.2) is 23.9 Å². The molecule has 0 aliphatic carbocycles. The van der Waals surface area contributed by atoms with Crippen LogP contribution in [0.15, 0.2) is 30.5 Å². The van der Waals surface area contributed by atoms with E-state index in [1.54, 1.807) is 13.3 Å². The van der Waals surface area contributed by atoms with E-state index in [0.717, 1.165) is 35.9 Å². The highest BCUT2D eigenvalue weighted by Gasteiger charge is 2.18. The molecule has 1 aromatic heterocycles. The van der Waals surface area contributed by atoms with Crippen LogP contribution in [0.5, 0.6) is 5.75 Å². The molecule has 2 rings (SSSR count). The van der Waals surface area contributed by atoms with E-state index in [2.05, 4.69) is 29.5 Å². The third-order valence-corrected chi connectivity index (χ3v) is 3.98. The Morgan fingerprint density at radius 2 is 2.05 bits per heavy atom. The minimum atomic E-state index is 0.196. The van der Waals surface area contributed by atoms with Gasteiger partial charge >= 0.3 is 0 Å². The van der Waals surface area contributed by atoms with Crippen LogP contribution in [0.1, 0.15) is 30.6 Å². The molecule has 21 heavy (non-hydrogen) atoms. The number of benzene rings is 1. The van der Waals surface area contributed by atoms with Crippen LogP contribution < -0.4 is 10.1 Å². The van der Waals surface area contributed by atoms with Crippen molar-refractivity contribution in [3.8, 4) is 5.75 Å². The van der Waals surface area contributed by atoms with E-state index in [1.807, 2.05) is 23.9 Å². The summed E-state index contributed by atoms with van der Waals surface area (Å²) >= 11 is 6.28. The number of rotatable bonds is 7. The number of aryl methyl sites for hydroxylation is 2. The maximum Gasteiger partial charge on any atom is 0.118 e. The van der Waals surface area contributed by atoms with Crippen molar-refractivity contribution >= 4 is 11.6 Å². The first-order valence-corrected chi connectivity index (χ1v) is 7.58. The summed E-state index contributed by atoms with van der Waals surface area (Å²) in [7, 11) is 3.64. The molecule has 114 valence electrons. The fourth-order valence-corrected chi connectivity index (χ4v) is 2.76. The minimum absolute atomic E-state index is 0.196. The summed E-state index contributed by atoms with van der Waals surface area (Å²) in [5.41, 5.74) is 2.35. The minimum Gasteiger partial charge on any atom is -0.497 e. The van der Waals surface area contributed by atoms with E-state index >= 15 is 0 Å². The predicted octanol–water partition coefficient (Wildman–Crippen LogP) is 3.46. The van der Waals surface area contributed by atoms with Crippen LogP contribution in [0.4, 0.5) is 0 Å². The topological polar surface area (TPSA) is 39.1 Å². The highest BCUT2D eigenvalue weighted by Crippen LogP contribution is 2.26. The Kier molecular flexibility index (Phi) is 5.65. The van der Waals surface area contributed by atoms with Crippen LogP contribution >= 0.6 is 11.6 Å². The zero-order chi connectivity index (χ0) is 15.2. The summed E-state index contributed by atoms with van der Waals surface area (Å²) in [4.78, 5) is 0. The highest BCUT2D eigenvalue weighted by atomic mass is 35.5. The van der Waals surface area contributed by atoms with Gasteiger partial charge in [0.1, 0.15) is 5.75 Å². The molecule has 0 aliphatic heterocycles. The van der Waals surface area contributed by atoms with Crippen molar-refractivity contribution in [2.75, 3.05) is 14.2 Å². The summed E-state index contributed by atoms with van der Waals surface area (Å²) in [6, 6.07) is 8.39. The first-order valence-electron chi connectivity index (χ1n) is 7.21. The second-order valence-corrected chi connectivity index (χ2v) is 5.33. The van der Waals surface area contributed by atoms with E-state index in [1.165, 1.54) is 5.56 Å². The lowest BCUT2D eigenvalue weighted by Gasteiger charge is -2.18. The van der Waals surface area contributed by atoms with Crippen molar-refractivity contribution in [3.63, 3.8) is 0 Å². The predicted molar refractivity (Wildman–Crippen MR) is 86.0 cm³/mol. The Morgan fingerprint density at radius 1 is 1.33 bits per heavy atom. The highest BCUT2D eigenvalue weighted by molar-refractivity contribution is 6.31. The van der Waals surface area contributed by atoms with Gasteiger partial charge in [-0.25, -0.2) is 0 Å². The van der Waals surface area contributed by atoms with E-state index < -0.39 is 0 Å². The van der Waals surface area contributed by atoms with Crippen LogP contribution in [0, 0.1) is 0 Å². The second kappa shape index (κ2) is 7.48. The summed E-state index contributed by atoms with van der Waals surface area (Å²) in [6.07, 6.45) is 3.66. The number of hydrogen-bond donors (Lipinski definition) is 1. The van der Waals surface area contributed by atoms with Gasteiger partial charge in [0.05, 0.1) is 30.1 Å². The number of methoxy groups -OCH3 is 1. The molecule has 1 unspecified atom stereocenters. The molecule has 0 saturated carbocycles. The Balaban J connectivity index is 2.06. The van der Waals surface area contributed by atoms with Gasteiger partial charge < -0.3 is 10.1 Å². The summed E-state index contributed by atoms with van der Waals surface area (Å²) in [5, 5.41) is 8.38. The van der Waals surface area contributed by atoms with Crippen molar-refractivity contribution in [2.24, 2.45) is 0 Å². The Labute approximate surface area is 131 Å². The van der Waals surface area contributed by atoms with Gasteiger partial charge in [0.2, 0.25) is 0 Å². The van der Waals surface area contributed by atoms with Gasteiger partial charge in [0.15, 0.2) is 0 Å². The normalized spacial score (nSPS) is 12.4. The molecule has 0 radical (unpaired) electrons. The lowest BCUT2D eigenvalue weighted by atomic mass is 10.0. The molecule has 0 saturated heterocycles. The average Bonchev–Trinajstić information content (AvgIpc) is 2.90. The van der Waals surface area contributed by atoms with Crippen LogP contribution in [0.3, 0.4) is 0 Å². The average molecular weight is 308 g/mol. The number of halogens is 1. The third-order valence-electron chi connectivity index (χ3n) is 3.69. The van der Waals surface area contributed by atoms with Crippen LogP contribution in [-0.2, 0) is 13.0 Å². The van der Waals surface area contributed by atoms with E-state index in [9.17, 15) is 0 Å². The Hall–Kier alpha value is -1.52. The van der Waals surface area contributed by atoms with Crippen LogP contribution in [0.25, 0.3) is 0 Å². The first kappa shape index (κ1) is 15.9.